The molecular weight excluding hydrogens is 1210 g/mol. The summed E-state index contributed by atoms with van der Waals surface area (Å²) in [7, 11) is 0. The van der Waals surface area contributed by atoms with E-state index in [4.69, 9.17) is 17.9 Å². The Morgan fingerprint density at radius 1 is 0.533 bits per heavy atom. The number of ether oxygens (including phenoxy) is 1. The van der Waals surface area contributed by atoms with Gasteiger partial charge in [0, 0.05) is 73.0 Å². The Morgan fingerprint density at radius 3 is 1.36 bits per heavy atom. The summed E-state index contributed by atoms with van der Waals surface area (Å²) in [5.74, 6) is -3.78. The molecule has 2 aromatic carbocycles. The standard InChI is InChI=1S/C75H78F4N4O3S4/c1-11-19-23-43(15-5)27-47-28-48(29-54-67(62(40-80)82-9)50-32-58(76)60(78)34-52(50)69(54)84)87-71(47)65-36-56-72(89-65)73-57(75(56,38-44(16-6)24-20-12-2)39-45(17-7)25-21-13-3)37-66(90-73)74-64(86-42-46(18-8)26-22-14-4)31-49(88-74)30-55-68(63(41-81)83-10)51-33-59(77)61(79)35-53(51)70(55)85/h28-37,43-46H,11-27,38-39,42H2,1-8H3/b54-29-,55-30-,67-62+,68-63-. The molecule has 9 rings (SSSR count). The summed E-state index contributed by atoms with van der Waals surface area (Å²) in [6, 6.07) is 16.3. The predicted molar refractivity (Wildman–Crippen MR) is 362 cm³/mol. The van der Waals surface area contributed by atoms with Gasteiger partial charge in [-0.2, -0.15) is 0 Å². The van der Waals surface area contributed by atoms with Crippen LogP contribution in [-0.4, -0.2) is 18.2 Å². The van der Waals surface area contributed by atoms with Crippen LogP contribution in [0.1, 0.15) is 229 Å². The number of unbranched alkanes of at least 4 members (excludes halogenated alkanes) is 4. The lowest BCUT2D eigenvalue weighted by Gasteiger charge is -2.37. The minimum absolute atomic E-state index is 0.00523. The molecule has 4 atom stereocenters. The fourth-order valence-electron chi connectivity index (χ4n) is 13.6. The van der Waals surface area contributed by atoms with Crippen molar-refractivity contribution in [1.29, 1.82) is 10.5 Å². The van der Waals surface area contributed by atoms with E-state index in [9.17, 15) is 37.7 Å². The van der Waals surface area contributed by atoms with E-state index in [1.807, 2.05) is 18.2 Å². The van der Waals surface area contributed by atoms with E-state index < -0.39 is 40.5 Å². The number of hydrogen-bond acceptors (Lipinski definition) is 9. The number of carbonyl (C=O) groups excluding carboxylic acids is 2. The largest absolute Gasteiger partial charge is 0.492 e. The van der Waals surface area contributed by atoms with Crippen LogP contribution in [0.5, 0.6) is 5.75 Å². The van der Waals surface area contributed by atoms with Gasteiger partial charge in [-0.3, -0.25) is 9.59 Å². The summed E-state index contributed by atoms with van der Waals surface area (Å²) in [6.07, 6.45) is 22.8. The minimum atomic E-state index is -1.20. The van der Waals surface area contributed by atoms with E-state index in [1.54, 1.807) is 46.2 Å². The summed E-state index contributed by atoms with van der Waals surface area (Å²) in [5, 5.41) is 20.4. The average Bonchev–Trinajstić information content (AvgIpc) is 1.54. The highest BCUT2D eigenvalue weighted by Crippen LogP contribution is 2.64. The fourth-order valence-corrected chi connectivity index (χ4v) is 18.7. The summed E-state index contributed by atoms with van der Waals surface area (Å²) < 4.78 is 66.6. The Bertz CT molecular complexity index is 3970. The molecule has 90 heavy (non-hydrogen) atoms. The molecule has 0 N–H and O–H groups in total. The zero-order valence-electron chi connectivity index (χ0n) is 52.9. The van der Waals surface area contributed by atoms with E-state index >= 15 is 0 Å². The van der Waals surface area contributed by atoms with Crippen molar-refractivity contribution in [2.45, 2.75) is 183 Å². The molecular formula is C75H78F4N4O3S4. The third-order valence-electron chi connectivity index (χ3n) is 18.8. The third kappa shape index (κ3) is 13.5. The molecule has 3 aliphatic carbocycles. The highest BCUT2D eigenvalue weighted by atomic mass is 32.1. The van der Waals surface area contributed by atoms with Crippen molar-refractivity contribution >= 4 is 80.2 Å². The van der Waals surface area contributed by atoms with Gasteiger partial charge in [0.05, 0.1) is 36.8 Å². The first kappa shape index (κ1) is 67.4. The normalized spacial score (nSPS) is 18.2. The van der Waals surface area contributed by atoms with Gasteiger partial charge in [0.1, 0.15) is 5.75 Å². The molecule has 0 radical (unpaired) electrons. The molecule has 3 aliphatic rings. The van der Waals surface area contributed by atoms with E-state index in [2.05, 4.69) is 83.3 Å². The number of ketones is 2. The van der Waals surface area contributed by atoms with Gasteiger partial charge in [0.15, 0.2) is 34.8 Å². The molecule has 0 amide bonds. The van der Waals surface area contributed by atoms with Crippen molar-refractivity contribution in [1.82, 2.24) is 0 Å². The van der Waals surface area contributed by atoms with E-state index in [0.29, 0.717) is 35.0 Å². The molecule has 6 aromatic rings. The Hall–Kier alpha value is -6.98. The Kier molecular flexibility index (Phi) is 22.5. The zero-order valence-corrected chi connectivity index (χ0v) is 56.1. The average molecular weight is 1290 g/mol. The number of halogens is 4. The molecule has 0 fully saturated rings. The smallest absolute Gasteiger partial charge is 0.270 e. The van der Waals surface area contributed by atoms with Crippen LogP contribution < -0.4 is 4.74 Å². The lowest BCUT2D eigenvalue weighted by Crippen LogP contribution is -2.31. The lowest BCUT2D eigenvalue weighted by molar-refractivity contribution is 0.103. The second-order valence-corrected chi connectivity index (χ2v) is 28.8. The highest BCUT2D eigenvalue weighted by molar-refractivity contribution is 7.29. The van der Waals surface area contributed by atoms with E-state index in [-0.39, 0.29) is 61.6 Å². The Labute approximate surface area is 545 Å². The van der Waals surface area contributed by atoms with E-state index in [1.165, 1.54) is 32.2 Å². The van der Waals surface area contributed by atoms with Crippen LogP contribution in [0, 0.1) is 82.7 Å². The maximum atomic E-state index is 15.0. The number of carbonyl (C=O) groups is 2. The van der Waals surface area contributed by atoms with Gasteiger partial charge in [-0.05, 0) is 138 Å². The molecule has 468 valence electrons. The number of hydrogen-bond donors (Lipinski definition) is 0. The van der Waals surface area contributed by atoms with Crippen molar-refractivity contribution < 1.29 is 31.9 Å². The second-order valence-electron chi connectivity index (χ2n) is 24.5. The van der Waals surface area contributed by atoms with Crippen LogP contribution in [0.15, 0.2) is 71.1 Å². The molecule has 0 bridgehead atoms. The van der Waals surface area contributed by atoms with Gasteiger partial charge < -0.3 is 4.74 Å². The van der Waals surface area contributed by atoms with Crippen molar-refractivity contribution in [2.75, 3.05) is 6.61 Å². The summed E-state index contributed by atoms with van der Waals surface area (Å²) >= 11 is 6.55. The van der Waals surface area contributed by atoms with Gasteiger partial charge in [-0.25, -0.2) is 37.8 Å². The summed E-state index contributed by atoms with van der Waals surface area (Å²) in [4.78, 5) is 43.5. The molecule has 0 aliphatic heterocycles. The molecule has 7 nitrogen and oxygen atoms in total. The number of benzene rings is 2. The second kappa shape index (κ2) is 30.0. The molecule has 0 saturated heterocycles. The van der Waals surface area contributed by atoms with Gasteiger partial charge in [0.2, 0.25) is 0 Å². The maximum absolute atomic E-state index is 15.0. The van der Waals surface area contributed by atoms with Crippen LogP contribution in [-0.2, 0) is 11.8 Å². The molecule has 4 unspecified atom stereocenters. The SMILES string of the molecule is [C-]#[N+]/C(C#N)=C1\C(=C\c2cc(OCC(CC)CCCC)c(-c3cc4c(s3)-c3sc(-c5sc(/C=C6\C(=O)c7cc(F)c(F)cc7\C6=C(\C#N)[N+]#[C-])cc5CC(CC)CCCC)cc3C4(CC(CC)CCCC)CC(CC)CCCC)s2)C(=O)c2cc(F)c(F)cc21. The lowest BCUT2D eigenvalue weighted by atomic mass is 9.65. The minimum Gasteiger partial charge on any atom is -0.492 e. The highest BCUT2D eigenvalue weighted by Gasteiger charge is 2.49. The number of nitrogens with zero attached hydrogens (tertiary/aromatic N) is 4. The maximum Gasteiger partial charge on any atom is 0.270 e. The number of allylic oxidation sites excluding steroid dienone is 6. The first-order chi connectivity index (χ1) is 43.5. The number of nitriles is 2. The quantitative estimate of drug-likeness (QED) is 0.0202. The molecule has 4 heterocycles. The van der Waals surface area contributed by atoms with Gasteiger partial charge in [-0.1, -0.05) is 152 Å². The zero-order chi connectivity index (χ0) is 64.6. The predicted octanol–water partition coefficient (Wildman–Crippen LogP) is 23.5. The number of rotatable bonds is 29. The number of thiophene rings is 4. The Morgan fingerprint density at radius 2 is 0.933 bits per heavy atom. The van der Waals surface area contributed by atoms with Crippen molar-refractivity contribution in [3.8, 4) is 47.2 Å². The van der Waals surface area contributed by atoms with Crippen LogP contribution in [0.25, 0.3) is 62.3 Å². The van der Waals surface area contributed by atoms with Crippen LogP contribution in [0.3, 0.4) is 0 Å². The number of Topliss-reactive ketones (excluding diaryl/α,β-unsaturated/α-hetero) is 2. The first-order valence-electron chi connectivity index (χ1n) is 32.3. The van der Waals surface area contributed by atoms with Gasteiger partial charge in [0.25, 0.3) is 11.4 Å². The van der Waals surface area contributed by atoms with Gasteiger partial charge in [-0.15, -0.1) is 45.3 Å². The monoisotopic (exact) mass is 1290 g/mol. The van der Waals surface area contributed by atoms with Crippen LogP contribution >= 0.6 is 45.3 Å². The molecule has 0 spiro atoms. The van der Waals surface area contributed by atoms with Crippen molar-refractivity contribution in [2.24, 2.45) is 23.7 Å². The topological polar surface area (TPSA) is 99.7 Å². The van der Waals surface area contributed by atoms with E-state index in [0.717, 1.165) is 176 Å². The van der Waals surface area contributed by atoms with Crippen LogP contribution in [0.4, 0.5) is 17.6 Å². The van der Waals surface area contributed by atoms with Crippen LogP contribution in [0.2, 0.25) is 0 Å². The fraction of sp³-hybridized carbons (Fsp3) is 0.440. The number of fused-ring (bicyclic) bond motifs is 5. The molecule has 15 heteroatoms. The van der Waals surface area contributed by atoms with Crippen molar-refractivity contribution in [3.63, 3.8) is 0 Å². The Balaban J connectivity index is 1.28. The molecule has 4 aromatic heterocycles. The first-order valence-corrected chi connectivity index (χ1v) is 35.5. The summed E-state index contributed by atoms with van der Waals surface area (Å²) in [5.41, 5.74) is 2.49. The summed E-state index contributed by atoms with van der Waals surface area (Å²) in [6.45, 7) is 34.3. The third-order valence-corrected chi connectivity index (χ3v) is 23.8. The van der Waals surface area contributed by atoms with Crippen molar-refractivity contribution in [3.05, 3.63) is 166 Å². The molecule has 0 saturated carbocycles. The van der Waals surface area contributed by atoms with Gasteiger partial charge >= 0.3 is 0 Å².